The summed E-state index contributed by atoms with van der Waals surface area (Å²) in [6.45, 7) is 6.96. The number of rotatable bonds is 2. The highest BCUT2D eigenvalue weighted by molar-refractivity contribution is 6.37. The lowest BCUT2D eigenvalue weighted by Crippen LogP contribution is -2.25. The topological polar surface area (TPSA) is 72.5 Å². The van der Waals surface area contributed by atoms with E-state index in [1.165, 1.54) is 19.9 Å². The molecule has 130 valence electrons. The highest BCUT2D eigenvalue weighted by Gasteiger charge is 2.30. The van der Waals surface area contributed by atoms with Gasteiger partial charge in [-0.3, -0.25) is 4.79 Å². The molecule has 1 aromatic rings. The molecular weight excluding hydrogens is 315 g/mol. The molecule has 0 aliphatic carbocycles. The lowest BCUT2D eigenvalue weighted by atomic mass is 10.2. The SMILES string of the molecule is CC.CC=O.CCOC(=O)C(=O)Nc1cccc(C(F)(F)F)c1. The number of aldehydes is 1. The van der Waals surface area contributed by atoms with Gasteiger partial charge in [0.1, 0.15) is 6.29 Å². The first-order valence-corrected chi connectivity index (χ1v) is 6.81. The first-order valence-electron chi connectivity index (χ1n) is 6.81. The van der Waals surface area contributed by atoms with E-state index in [9.17, 15) is 22.8 Å². The van der Waals surface area contributed by atoms with Crippen LogP contribution in [0.15, 0.2) is 24.3 Å². The van der Waals surface area contributed by atoms with Crippen molar-refractivity contribution in [2.45, 2.75) is 33.9 Å². The Morgan fingerprint density at radius 3 is 2.22 bits per heavy atom. The summed E-state index contributed by atoms with van der Waals surface area (Å²) in [7, 11) is 0. The zero-order chi connectivity index (χ0) is 18.5. The Kier molecular flexibility index (Phi) is 12.1. The van der Waals surface area contributed by atoms with Crippen molar-refractivity contribution >= 4 is 23.9 Å². The number of anilines is 1. The number of benzene rings is 1. The standard InChI is InChI=1S/C11H10F3NO3.C2H4O.C2H6/c1-2-18-10(17)9(16)15-8-5-3-4-7(6-8)11(12,13)14;1-2-3;1-2/h3-6H,2H2,1H3,(H,15,16);2H,1H3;1-2H3. The average molecular weight is 335 g/mol. The molecule has 1 amide bonds. The van der Waals surface area contributed by atoms with Gasteiger partial charge in [0.05, 0.1) is 12.2 Å². The summed E-state index contributed by atoms with van der Waals surface area (Å²) in [5.74, 6) is -2.26. The predicted octanol–water partition coefficient (Wildman–Crippen LogP) is 3.44. The fourth-order valence-corrected chi connectivity index (χ4v) is 1.15. The zero-order valence-corrected chi connectivity index (χ0v) is 13.4. The van der Waals surface area contributed by atoms with Crippen LogP contribution in [0.4, 0.5) is 18.9 Å². The fraction of sp³-hybridized carbons (Fsp3) is 0.400. The summed E-state index contributed by atoms with van der Waals surface area (Å²) < 4.78 is 41.5. The molecule has 0 heterocycles. The van der Waals surface area contributed by atoms with Gasteiger partial charge in [0.15, 0.2) is 0 Å². The second kappa shape index (κ2) is 12.2. The van der Waals surface area contributed by atoms with E-state index in [1.807, 2.05) is 19.2 Å². The van der Waals surface area contributed by atoms with Gasteiger partial charge < -0.3 is 14.8 Å². The van der Waals surface area contributed by atoms with Crippen molar-refractivity contribution < 1.29 is 32.3 Å². The van der Waals surface area contributed by atoms with Gasteiger partial charge in [0.2, 0.25) is 0 Å². The molecule has 0 aliphatic rings. The third-order valence-corrected chi connectivity index (χ3v) is 1.91. The summed E-state index contributed by atoms with van der Waals surface area (Å²) in [4.78, 5) is 31.0. The molecule has 8 heteroatoms. The Balaban J connectivity index is 0. The monoisotopic (exact) mass is 335 g/mol. The number of ether oxygens (including phenoxy) is 1. The van der Waals surface area contributed by atoms with Gasteiger partial charge in [-0.15, -0.1) is 0 Å². The summed E-state index contributed by atoms with van der Waals surface area (Å²) in [5, 5.41) is 2.03. The van der Waals surface area contributed by atoms with Crippen LogP contribution in [0, 0.1) is 0 Å². The van der Waals surface area contributed by atoms with Crippen LogP contribution in [0.25, 0.3) is 0 Å². The van der Waals surface area contributed by atoms with Crippen molar-refractivity contribution in [2.75, 3.05) is 11.9 Å². The van der Waals surface area contributed by atoms with Crippen LogP contribution >= 0.6 is 0 Å². The minimum atomic E-state index is -4.51. The molecule has 1 aromatic carbocycles. The Morgan fingerprint density at radius 2 is 1.78 bits per heavy atom. The van der Waals surface area contributed by atoms with Crippen LogP contribution in [0.5, 0.6) is 0 Å². The van der Waals surface area contributed by atoms with Gasteiger partial charge in [-0.25, -0.2) is 4.79 Å². The quantitative estimate of drug-likeness (QED) is 0.510. The van der Waals surface area contributed by atoms with Crippen LogP contribution in [0.3, 0.4) is 0 Å². The molecule has 0 saturated carbocycles. The molecule has 0 radical (unpaired) electrons. The van der Waals surface area contributed by atoms with E-state index in [2.05, 4.69) is 4.74 Å². The van der Waals surface area contributed by atoms with Crippen molar-refractivity contribution in [3.05, 3.63) is 29.8 Å². The van der Waals surface area contributed by atoms with E-state index in [0.717, 1.165) is 24.5 Å². The number of carbonyl (C=O) groups excluding carboxylic acids is 3. The lowest BCUT2D eigenvalue weighted by Gasteiger charge is -2.09. The average Bonchev–Trinajstić information content (AvgIpc) is 2.50. The highest BCUT2D eigenvalue weighted by atomic mass is 19.4. The summed E-state index contributed by atoms with van der Waals surface area (Å²) in [6.07, 6.45) is -3.76. The lowest BCUT2D eigenvalue weighted by molar-refractivity contribution is -0.152. The number of nitrogens with one attached hydrogen (secondary N) is 1. The van der Waals surface area contributed by atoms with Crippen molar-refractivity contribution in [1.82, 2.24) is 0 Å². The number of hydrogen-bond acceptors (Lipinski definition) is 4. The largest absolute Gasteiger partial charge is 0.459 e. The van der Waals surface area contributed by atoms with Crippen LogP contribution in [0.1, 0.15) is 33.3 Å². The Morgan fingerprint density at radius 1 is 1.26 bits per heavy atom. The number of amides is 1. The highest BCUT2D eigenvalue weighted by Crippen LogP contribution is 2.30. The minimum absolute atomic E-state index is 0.00877. The Bertz CT molecular complexity index is 502. The van der Waals surface area contributed by atoms with Crippen LogP contribution < -0.4 is 5.32 Å². The van der Waals surface area contributed by atoms with E-state index < -0.39 is 23.6 Å². The van der Waals surface area contributed by atoms with Crippen molar-refractivity contribution in [2.24, 2.45) is 0 Å². The van der Waals surface area contributed by atoms with Gasteiger partial charge >= 0.3 is 18.1 Å². The van der Waals surface area contributed by atoms with Crippen LogP contribution in [0.2, 0.25) is 0 Å². The second-order valence-electron chi connectivity index (χ2n) is 3.49. The van der Waals surface area contributed by atoms with Crippen molar-refractivity contribution in [3.63, 3.8) is 0 Å². The van der Waals surface area contributed by atoms with Gasteiger partial charge in [0, 0.05) is 5.69 Å². The summed E-state index contributed by atoms with van der Waals surface area (Å²) in [5.41, 5.74) is -1.04. The van der Waals surface area contributed by atoms with Gasteiger partial charge in [-0.2, -0.15) is 13.2 Å². The van der Waals surface area contributed by atoms with Gasteiger partial charge in [0.25, 0.3) is 0 Å². The molecule has 0 aliphatic heterocycles. The number of esters is 1. The number of carbonyl (C=O) groups is 3. The summed E-state index contributed by atoms with van der Waals surface area (Å²) in [6, 6.07) is 3.97. The molecule has 0 bridgehead atoms. The molecule has 1 rings (SSSR count). The van der Waals surface area contributed by atoms with E-state index >= 15 is 0 Å². The van der Waals surface area contributed by atoms with Crippen molar-refractivity contribution in [3.8, 4) is 0 Å². The van der Waals surface area contributed by atoms with Gasteiger partial charge in [-0.1, -0.05) is 19.9 Å². The van der Waals surface area contributed by atoms with E-state index in [0.29, 0.717) is 0 Å². The van der Waals surface area contributed by atoms with E-state index in [4.69, 9.17) is 4.79 Å². The molecule has 23 heavy (non-hydrogen) atoms. The first kappa shape index (κ1) is 22.9. The number of alkyl halides is 3. The number of halogens is 3. The van der Waals surface area contributed by atoms with E-state index in [-0.39, 0.29) is 12.3 Å². The molecule has 0 spiro atoms. The van der Waals surface area contributed by atoms with E-state index in [1.54, 1.807) is 0 Å². The fourth-order valence-electron chi connectivity index (χ4n) is 1.15. The van der Waals surface area contributed by atoms with Crippen LogP contribution in [-0.2, 0) is 25.3 Å². The zero-order valence-electron chi connectivity index (χ0n) is 13.4. The Hall–Kier alpha value is -2.38. The molecule has 5 nitrogen and oxygen atoms in total. The third-order valence-electron chi connectivity index (χ3n) is 1.91. The molecule has 0 atom stereocenters. The predicted molar refractivity (Wildman–Crippen MR) is 79.8 cm³/mol. The minimum Gasteiger partial charge on any atom is -0.459 e. The second-order valence-corrected chi connectivity index (χ2v) is 3.49. The molecule has 0 fully saturated rings. The molecule has 0 unspecified atom stereocenters. The van der Waals surface area contributed by atoms with Crippen LogP contribution in [-0.4, -0.2) is 24.8 Å². The molecule has 0 saturated heterocycles. The van der Waals surface area contributed by atoms with Gasteiger partial charge in [-0.05, 0) is 32.0 Å². The normalized spacial score (nSPS) is 9.35. The maximum atomic E-state index is 12.4. The maximum Gasteiger partial charge on any atom is 0.416 e. The third kappa shape index (κ3) is 10.0. The maximum absolute atomic E-state index is 12.4. The number of hydrogen-bond donors (Lipinski definition) is 1. The molecular formula is C15H20F3NO4. The molecule has 1 N–H and O–H groups in total. The first-order chi connectivity index (χ1) is 10.8. The van der Waals surface area contributed by atoms with Crippen molar-refractivity contribution in [1.29, 1.82) is 0 Å². The Labute approximate surface area is 132 Å². The smallest absolute Gasteiger partial charge is 0.416 e. The molecule has 0 aromatic heterocycles. The summed E-state index contributed by atoms with van der Waals surface area (Å²) >= 11 is 0.